The number of carbonyl (C=O) groups excluding carboxylic acids is 1. The van der Waals surface area contributed by atoms with Gasteiger partial charge in [0.05, 0.1) is 19.1 Å². The normalized spacial score (nSPS) is 18.0. The van der Waals surface area contributed by atoms with Crippen molar-refractivity contribution in [2.45, 2.75) is 25.3 Å². The van der Waals surface area contributed by atoms with Gasteiger partial charge in [-0.2, -0.15) is 5.10 Å². The molecule has 1 aromatic heterocycles. The van der Waals surface area contributed by atoms with Gasteiger partial charge in [0.25, 0.3) is 0 Å². The van der Waals surface area contributed by atoms with Crippen LogP contribution in [0.2, 0.25) is 0 Å². The zero-order valence-corrected chi connectivity index (χ0v) is 12.9. The maximum absolute atomic E-state index is 13.4. The molecule has 122 valence electrons. The van der Waals surface area contributed by atoms with Gasteiger partial charge in [-0.15, -0.1) is 0 Å². The molecule has 0 unspecified atom stereocenters. The number of ether oxygens (including phenoxy) is 1. The topological polar surface area (TPSA) is 47.4 Å². The molecule has 1 saturated heterocycles. The Balaban J connectivity index is 1.49. The van der Waals surface area contributed by atoms with Crippen LogP contribution >= 0.6 is 0 Å². The first-order valence-corrected chi connectivity index (χ1v) is 7.88. The number of halogens is 1. The molecule has 0 bridgehead atoms. The lowest BCUT2D eigenvalue weighted by atomic mass is 10.1. The summed E-state index contributed by atoms with van der Waals surface area (Å²) < 4.78 is 20.7. The summed E-state index contributed by atoms with van der Waals surface area (Å²) in [6, 6.07) is 8.35. The van der Waals surface area contributed by atoms with E-state index in [1.165, 1.54) is 6.07 Å². The van der Waals surface area contributed by atoms with Gasteiger partial charge in [0, 0.05) is 25.5 Å². The third-order valence-electron chi connectivity index (χ3n) is 4.06. The number of aromatic nitrogens is 2. The molecular formula is C17H20FN3O2. The van der Waals surface area contributed by atoms with E-state index >= 15 is 0 Å². The Morgan fingerprint density at radius 1 is 1.35 bits per heavy atom. The highest BCUT2D eigenvalue weighted by Gasteiger charge is 2.24. The molecule has 1 aliphatic rings. The Morgan fingerprint density at radius 2 is 2.22 bits per heavy atom. The zero-order chi connectivity index (χ0) is 16.1. The quantitative estimate of drug-likeness (QED) is 0.852. The van der Waals surface area contributed by atoms with Crippen molar-refractivity contribution >= 4 is 5.91 Å². The molecule has 0 radical (unpaired) electrons. The molecule has 3 rings (SSSR count). The number of hydrogen-bond donors (Lipinski definition) is 0. The van der Waals surface area contributed by atoms with Crippen molar-refractivity contribution in [1.82, 2.24) is 14.7 Å². The third kappa shape index (κ3) is 3.88. The maximum atomic E-state index is 13.4. The Hall–Kier alpha value is -2.37. The SMILES string of the molecule is O=C(CCOc1ccccc1F)N1CCC[C@@H](n2cccn2)C1. The van der Waals surface area contributed by atoms with E-state index in [1.807, 2.05) is 21.8 Å². The Morgan fingerprint density at radius 3 is 3.00 bits per heavy atom. The number of amides is 1. The number of hydrogen-bond acceptors (Lipinski definition) is 3. The first kappa shape index (κ1) is 15.5. The monoisotopic (exact) mass is 317 g/mol. The van der Waals surface area contributed by atoms with Crippen LogP contribution in [-0.4, -0.2) is 40.3 Å². The summed E-state index contributed by atoms with van der Waals surface area (Å²) in [4.78, 5) is 14.2. The number of benzene rings is 1. The van der Waals surface area contributed by atoms with Crippen LogP contribution in [0.4, 0.5) is 4.39 Å². The Labute approximate surface area is 134 Å². The lowest BCUT2D eigenvalue weighted by Gasteiger charge is -2.33. The molecule has 0 aliphatic carbocycles. The van der Waals surface area contributed by atoms with E-state index in [4.69, 9.17) is 4.74 Å². The van der Waals surface area contributed by atoms with Gasteiger partial charge in [-0.1, -0.05) is 12.1 Å². The maximum Gasteiger partial charge on any atom is 0.226 e. The minimum atomic E-state index is -0.406. The molecule has 0 N–H and O–H groups in total. The highest BCUT2D eigenvalue weighted by Crippen LogP contribution is 2.21. The van der Waals surface area contributed by atoms with Crippen LogP contribution in [0.25, 0.3) is 0 Å². The summed E-state index contributed by atoms with van der Waals surface area (Å²) in [5.41, 5.74) is 0. The summed E-state index contributed by atoms with van der Waals surface area (Å²) in [5, 5.41) is 4.26. The first-order valence-electron chi connectivity index (χ1n) is 7.88. The van der Waals surface area contributed by atoms with Crippen molar-refractivity contribution < 1.29 is 13.9 Å². The van der Waals surface area contributed by atoms with Gasteiger partial charge >= 0.3 is 0 Å². The van der Waals surface area contributed by atoms with E-state index in [-0.39, 0.29) is 30.7 Å². The fourth-order valence-corrected chi connectivity index (χ4v) is 2.86. The van der Waals surface area contributed by atoms with E-state index in [2.05, 4.69) is 5.10 Å². The van der Waals surface area contributed by atoms with E-state index in [0.717, 1.165) is 19.4 Å². The number of para-hydroxylation sites is 1. The fourth-order valence-electron chi connectivity index (χ4n) is 2.86. The number of likely N-dealkylation sites (tertiary alicyclic amines) is 1. The Kier molecular flexibility index (Phi) is 4.90. The van der Waals surface area contributed by atoms with Crippen molar-refractivity contribution in [3.63, 3.8) is 0 Å². The summed E-state index contributed by atoms with van der Waals surface area (Å²) in [5.74, 6) is -0.178. The highest BCUT2D eigenvalue weighted by molar-refractivity contribution is 5.76. The van der Waals surface area contributed by atoms with Crippen molar-refractivity contribution in [3.05, 3.63) is 48.5 Å². The molecule has 1 aliphatic heterocycles. The van der Waals surface area contributed by atoms with Gasteiger partial charge in [-0.05, 0) is 31.0 Å². The minimum absolute atomic E-state index is 0.0400. The largest absolute Gasteiger partial charge is 0.490 e. The number of nitrogens with zero attached hydrogens (tertiary/aromatic N) is 3. The standard InChI is InChI=1S/C17H20FN3O2/c18-15-6-1-2-7-16(15)23-12-8-17(22)20-10-3-5-14(13-20)21-11-4-9-19-21/h1-2,4,6-7,9,11,14H,3,5,8,10,12-13H2/t14-/m1/s1. The van der Waals surface area contributed by atoms with Gasteiger partial charge in [0.1, 0.15) is 0 Å². The lowest BCUT2D eigenvalue weighted by Crippen LogP contribution is -2.41. The van der Waals surface area contributed by atoms with E-state index in [9.17, 15) is 9.18 Å². The summed E-state index contributed by atoms with van der Waals surface area (Å²) in [7, 11) is 0. The summed E-state index contributed by atoms with van der Waals surface area (Å²) >= 11 is 0. The van der Waals surface area contributed by atoms with Crippen LogP contribution in [0, 0.1) is 5.82 Å². The van der Waals surface area contributed by atoms with Crippen molar-refractivity contribution in [2.24, 2.45) is 0 Å². The molecule has 1 fully saturated rings. The predicted molar refractivity (Wildman–Crippen MR) is 83.6 cm³/mol. The van der Waals surface area contributed by atoms with Crippen molar-refractivity contribution in [2.75, 3.05) is 19.7 Å². The van der Waals surface area contributed by atoms with Crippen molar-refractivity contribution in [1.29, 1.82) is 0 Å². The van der Waals surface area contributed by atoms with Crippen LogP contribution in [-0.2, 0) is 4.79 Å². The van der Waals surface area contributed by atoms with Crippen LogP contribution in [0.15, 0.2) is 42.7 Å². The average Bonchev–Trinajstić information content (AvgIpc) is 3.11. The highest BCUT2D eigenvalue weighted by atomic mass is 19.1. The molecular weight excluding hydrogens is 297 g/mol. The third-order valence-corrected chi connectivity index (χ3v) is 4.06. The lowest BCUT2D eigenvalue weighted by molar-refractivity contribution is -0.133. The van der Waals surface area contributed by atoms with Crippen LogP contribution in [0.5, 0.6) is 5.75 Å². The predicted octanol–water partition coefficient (Wildman–Crippen LogP) is 2.65. The van der Waals surface area contributed by atoms with Gasteiger partial charge in [-0.3, -0.25) is 9.48 Å². The molecule has 0 spiro atoms. The molecule has 6 heteroatoms. The minimum Gasteiger partial charge on any atom is -0.490 e. The fraction of sp³-hybridized carbons (Fsp3) is 0.412. The average molecular weight is 317 g/mol. The first-order chi connectivity index (χ1) is 11.2. The van der Waals surface area contributed by atoms with Crippen LogP contribution in [0.1, 0.15) is 25.3 Å². The van der Waals surface area contributed by atoms with Crippen LogP contribution < -0.4 is 4.74 Å². The molecule has 5 nitrogen and oxygen atoms in total. The summed E-state index contributed by atoms with van der Waals surface area (Å²) in [6.45, 7) is 1.61. The number of piperidine rings is 1. The van der Waals surface area contributed by atoms with E-state index in [1.54, 1.807) is 24.4 Å². The second kappa shape index (κ2) is 7.26. The van der Waals surface area contributed by atoms with E-state index in [0.29, 0.717) is 6.54 Å². The molecule has 0 saturated carbocycles. The number of carbonyl (C=O) groups is 1. The molecule has 1 atom stereocenters. The second-order valence-corrected chi connectivity index (χ2v) is 5.65. The van der Waals surface area contributed by atoms with E-state index < -0.39 is 5.82 Å². The van der Waals surface area contributed by atoms with Crippen molar-refractivity contribution in [3.8, 4) is 5.75 Å². The summed E-state index contributed by atoms with van der Waals surface area (Å²) in [6.07, 6.45) is 5.92. The molecule has 1 amide bonds. The molecule has 23 heavy (non-hydrogen) atoms. The van der Waals surface area contributed by atoms with Crippen LogP contribution in [0.3, 0.4) is 0 Å². The van der Waals surface area contributed by atoms with Gasteiger partial charge in [0.15, 0.2) is 11.6 Å². The van der Waals surface area contributed by atoms with Gasteiger partial charge in [-0.25, -0.2) is 4.39 Å². The Bertz CT molecular complexity index is 645. The van der Waals surface area contributed by atoms with Gasteiger partial charge < -0.3 is 9.64 Å². The zero-order valence-electron chi connectivity index (χ0n) is 12.9. The molecule has 1 aromatic carbocycles. The molecule has 2 aromatic rings. The smallest absolute Gasteiger partial charge is 0.226 e. The second-order valence-electron chi connectivity index (χ2n) is 5.65. The number of rotatable bonds is 5. The van der Waals surface area contributed by atoms with Gasteiger partial charge in [0.2, 0.25) is 5.91 Å². The molecule has 2 heterocycles.